The molecule has 0 fully saturated rings. The normalized spacial score (nSPS) is 13.5. The molecule has 0 aliphatic rings. The molecule has 1 N–H and O–H groups in total. The number of aromatic nitrogens is 1. The van der Waals surface area contributed by atoms with Crippen LogP contribution in [-0.4, -0.2) is 16.9 Å². The molecule has 1 aromatic heterocycles. The topological polar surface area (TPSA) is 24.9 Å². The maximum Gasteiger partial charge on any atom is 0.166 e. The number of halogens is 3. The van der Waals surface area contributed by atoms with Crippen molar-refractivity contribution in [3.63, 3.8) is 0 Å². The molecule has 0 radical (unpaired) electrons. The molecule has 17 heavy (non-hydrogen) atoms. The van der Waals surface area contributed by atoms with Crippen LogP contribution in [0.15, 0.2) is 12.3 Å². The second-order valence-electron chi connectivity index (χ2n) is 5.02. The van der Waals surface area contributed by atoms with Crippen molar-refractivity contribution >= 4 is 29.0 Å². The predicted molar refractivity (Wildman–Crippen MR) is 71.4 cm³/mol. The minimum atomic E-state index is -0.443. The van der Waals surface area contributed by atoms with E-state index in [1.54, 1.807) is 0 Å². The van der Waals surface area contributed by atoms with Crippen LogP contribution in [0.25, 0.3) is 0 Å². The summed E-state index contributed by atoms with van der Waals surface area (Å²) in [6, 6.07) is 1.31. The van der Waals surface area contributed by atoms with E-state index >= 15 is 0 Å². The van der Waals surface area contributed by atoms with Crippen LogP contribution in [-0.2, 0) is 0 Å². The van der Waals surface area contributed by atoms with Gasteiger partial charge in [0.05, 0.1) is 5.02 Å². The molecule has 1 heterocycles. The van der Waals surface area contributed by atoms with E-state index in [0.29, 0.717) is 5.88 Å². The van der Waals surface area contributed by atoms with E-state index < -0.39 is 5.82 Å². The van der Waals surface area contributed by atoms with Crippen LogP contribution in [0.1, 0.15) is 27.2 Å². The van der Waals surface area contributed by atoms with Crippen molar-refractivity contribution in [1.29, 1.82) is 0 Å². The molecular formula is C12H17Cl2FN2. The number of nitrogens with one attached hydrogen (secondary N) is 1. The van der Waals surface area contributed by atoms with Crippen LogP contribution >= 0.6 is 23.2 Å². The Balaban J connectivity index is 2.86. The third-order valence-electron chi connectivity index (χ3n) is 2.56. The van der Waals surface area contributed by atoms with Gasteiger partial charge in [-0.1, -0.05) is 32.4 Å². The van der Waals surface area contributed by atoms with Crippen LogP contribution in [0.5, 0.6) is 0 Å². The van der Waals surface area contributed by atoms with E-state index in [1.165, 1.54) is 12.3 Å². The van der Waals surface area contributed by atoms with Crippen LogP contribution in [0.2, 0.25) is 5.02 Å². The maximum atomic E-state index is 13.6. The van der Waals surface area contributed by atoms with Crippen molar-refractivity contribution < 1.29 is 4.39 Å². The van der Waals surface area contributed by atoms with Gasteiger partial charge < -0.3 is 5.32 Å². The van der Waals surface area contributed by atoms with Gasteiger partial charge in [0.2, 0.25) is 0 Å². The lowest BCUT2D eigenvalue weighted by atomic mass is 9.85. The number of alkyl halides is 1. The van der Waals surface area contributed by atoms with Gasteiger partial charge in [-0.2, -0.15) is 0 Å². The van der Waals surface area contributed by atoms with Gasteiger partial charge in [0.15, 0.2) is 11.6 Å². The van der Waals surface area contributed by atoms with E-state index in [4.69, 9.17) is 23.2 Å². The number of nitrogens with zero attached hydrogens (tertiary/aromatic N) is 1. The van der Waals surface area contributed by atoms with E-state index in [0.717, 1.165) is 6.42 Å². The Morgan fingerprint density at radius 1 is 1.47 bits per heavy atom. The number of rotatable bonds is 4. The molecule has 0 bridgehead atoms. The third-order valence-corrected chi connectivity index (χ3v) is 2.99. The first-order chi connectivity index (χ1) is 7.84. The Bertz CT molecular complexity index is 377. The number of hydrogen-bond donors (Lipinski definition) is 1. The minimum Gasteiger partial charge on any atom is -0.364 e. The summed E-state index contributed by atoms with van der Waals surface area (Å²) in [4.78, 5) is 3.95. The van der Waals surface area contributed by atoms with Crippen molar-refractivity contribution in [2.75, 3.05) is 11.2 Å². The van der Waals surface area contributed by atoms with Gasteiger partial charge in [0, 0.05) is 18.1 Å². The molecule has 0 amide bonds. The smallest absolute Gasteiger partial charge is 0.166 e. The summed E-state index contributed by atoms with van der Waals surface area (Å²) in [6.45, 7) is 6.22. The molecule has 1 rings (SSSR count). The lowest BCUT2D eigenvalue weighted by molar-refractivity contribution is 0.333. The lowest BCUT2D eigenvalue weighted by Gasteiger charge is -2.31. The lowest BCUT2D eigenvalue weighted by Crippen LogP contribution is -2.35. The molecule has 0 aliphatic heterocycles. The largest absolute Gasteiger partial charge is 0.364 e. The van der Waals surface area contributed by atoms with E-state index in [-0.39, 0.29) is 22.3 Å². The molecule has 1 atom stereocenters. The molecule has 96 valence electrons. The molecule has 1 aromatic rings. The summed E-state index contributed by atoms with van der Waals surface area (Å²) in [5.41, 5.74) is -0.0252. The average molecular weight is 279 g/mol. The van der Waals surface area contributed by atoms with E-state index in [2.05, 4.69) is 31.1 Å². The van der Waals surface area contributed by atoms with Gasteiger partial charge in [-0.05, 0) is 17.9 Å². The summed E-state index contributed by atoms with van der Waals surface area (Å²) in [6.07, 6.45) is 2.17. The molecule has 0 saturated heterocycles. The molecule has 1 unspecified atom stereocenters. The first-order valence-corrected chi connectivity index (χ1v) is 6.39. The fourth-order valence-corrected chi connectivity index (χ4v) is 1.88. The van der Waals surface area contributed by atoms with Crippen molar-refractivity contribution in [3.05, 3.63) is 23.1 Å². The van der Waals surface area contributed by atoms with Crippen molar-refractivity contribution in [2.24, 2.45) is 5.41 Å². The first kappa shape index (κ1) is 14.5. The second kappa shape index (κ2) is 5.87. The number of anilines is 1. The van der Waals surface area contributed by atoms with E-state index in [1.807, 2.05) is 0 Å². The van der Waals surface area contributed by atoms with Crippen molar-refractivity contribution in [1.82, 2.24) is 4.98 Å². The Labute approximate surface area is 112 Å². The standard InChI is InChI=1S/C12H17Cl2FN2/c1-12(2,3)10(4-5-13)17-11-9(15)6-8(14)7-16-11/h6-7,10H,4-5H2,1-3H3,(H,16,17). The van der Waals surface area contributed by atoms with Crippen LogP contribution in [0.3, 0.4) is 0 Å². The molecule has 0 saturated carbocycles. The zero-order chi connectivity index (χ0) is 13.1. The SMILES string of the molecule is CC(C)(C)C(CCCl)Nc1ncc(Cl)cc1F. The summed E-state index contributed by atoms with van der Waals surface area (Å²) in [5, 5.41) is 3.38. The third kappa shape index (κ3) is 4.32. The number of pyridine rings is 1. The highest BCUT2D eigenvalue weighted by molar-refractivity contribution is 6.30. The second-order valence-corrected chi connectivity index (χ2v) is 5.84. The van der Waals surface area contributed by atoms with Gasteiger partial charge in [-0.25, -0.2) is 9.37 Å². The summed E-state index contributed by atoms with van der Waals surface area (Å²) < 4.78 is 13.6. The fourth-order valence-electron chi connectivity index (χ4n) is 1.52. The highest BCUT2D eigenvalue weighted by Crippen LogP contribution is 2.26. The highest BCUT2D eigenvalue weighted by Gasteiger charge is 2.25. The summed E-state index contributed by atoms with van der Waals surface area (Å²) >= 11 is 11.4. The Morgan fingerprint density at radius 2 is 2.12 bits per heavy atom. The number of hydrogen-bond acceptors (Lipinski definition) is 2. The maximum absolute atomic E-state index is 13.6. The molecule has 0 aliphatic carbocycles. The van der Waals surface area contributed by atoms with E-state index in [9.17, 15) is 4.39 Å². The van der Waals surface area contributed by atoms with Gasteiger partial charge in [0.1, 0.15) is 0 Å². The molecule has 0 aromatic carbocycles. The molecular weight excluding hydrogens is 262 g/mol. The van der Waals surface area contributed by atoms with Gasteiger partial charge in [0.25, 0.3) is 0 Å². The van der Waals surface area contributed by atoms with Crippen molar-refractivity contribution in [3.8, 4) is 0 Å². The highest BCUT2D eigenvalue weighted by atomic mass is 35.5. The Morgan fingerprint density at radius 3 is 2.59 bits per heavy atom. The Kier molecular flexibility index (Phi) is 5.02. The zero-order valence-corrected chi connectivity index (χ0v) is 11.7. The van der Waals surface area contributed by atoms with Gasteiger partial charge >= 0.3 is 0 Å². The first-order valence-electron chi connectivity index (χ1n) is 5.48. The molecule has 5 heteroatoms. The zero-order valence-electron chi connectivity index (χ0n) is 10.2. The molecule has 2 nitrogen and oxygen atoms in total. The van der Waals surface area contributed by atoms with Crippen LogP contribution < -0.4 is 5.32 Å². The predicted octanol–water partition coefficient (Wildman–Crippen LogP) is 4.33. The Hall–Kier alpha value is -0.540. The minimum absolute atomic E-state index is 0.0252. The summed E-state index contributed by atoms with van der Waals surface area (Å²) in [5.74, 6) is 0.296. The van der Waals surface area contributed by atoms with Gasteiger partial charge in [-0.3, -0.25) is 0 Å². The van der Waals surface area contributed by atoms with Gasteiger partial charge in [-0.15, -0.1) is 11.6 Å². The van der Waals surface area contributed by atoms with Crippen LogP contribution in [0.4, 0.5) is 10.2 Å². The van der Waals surface area contributed by atoms with Crippen LogP contribution in [0, 0.1) is 11.2 Å². The monoisotopic (exact) mass is 278 g/mol. The fraction of sp³-hybridized carbons (Fsp3) is 0.583. The molecule has 0 spiro atoms. The van der Waals surface area contributed by atoms with Crippen molar-refractivity contribution in [2.45, 2.75) is 33.2 Å². The summed E-state index contributed by atoms with van der Waals surface area (Å²) in [7, 11) is 0. The quantitative estimate of drug-likeness (QED) is 0.830. The average Bonchev–Trinajstić information content (AvgIpc) is 2.19.